The first-order valence-electron chi connectivity index (χ1n) is 7.78. The van der Waals surface area contributed by atoms with Crippen LogP contribution in [-0.2, 0) is 10.2 Å². The van der Waals surface area contributed by atoms with E-state index in [9.17, 15) is 4.79 Å². The van der Waals surface area contributed by atoms with Gasteiger partial charge in [0.1, 0.15) is 0 Å². The van der Waals surface area contributed by atoms with Gasteiger partial charge in [0.25, 0.3) is 0 Å². The van der Waals surface area contributed by atoms with E-state index in [0.717, 1.165) is 11.3 Å². The van der Waals surface area contributed by atoms with E-state index >= 15 is 0 Å². The summed E-state index contributed by atoms with van der Waals surface area (Å²) < 4.78 is 0.245. The summed E-state index contributed by atoms with van der Waals surface area (Å²) in [5.74, 6) is 0.901. The van der Waals surface area contributed by atoms with Gasteiger partial charge in [0, 0.05) is 23.1 Å². The van der Waals surface area contributed by atoms with Gasteiger partial charge in [-0.3, -0.25) is 4.79 Å². The number of amides is 1. The van der Waals surface area contributed by atoms with Crippen molar-refractivity contribution in [1.82, 2.24) is 5.32 Å². The molecule has 1 aromatic carbocycles. The molecule has 22 heavy (non-hydrogen) atoms. The molecule has 0 unspecified atom stereocenters. The first-order valence-corrected chi connectivity index (χ1v) is 8.77. The molecule has 0 aromatic heterocycles. The normalized spacial score (nSPS) is 12.6. The van der Waals surface area contributed by atoms with Crippen molar-refractivity contribution in [2.45, 2.75) is 51.7 Å². The Morgan fingerprint density at radius 2 is 1.68 bits per heavy atom. The van der Waals surface area contributed by atoms with Crippen molar-refractivity contribution in [3.63, 3.8) is 0 Å². The van der Waals surface area contributed by atoms with Gasteiger partial charge in [-0.1, -0.05) is 65.8 Å². The van der Waals surface area contributed by atoms with Gasteiger partial charge in [0.05, 0.1) is 0 Å². The number of benzene rings is 1. The molecule has 1 aromatic rings. The molecule has 1 rings (SSSR count). The van der Waals surface area contributed by atoms with Crippen molar-refractivity contribution >= 4 is 23.7 Å². The van der Waals surface area contributed by atoms with Gasteiger partial charge in [0.2, 0.25) is 5.91 Å². The molecule has 0 aliphatic rings. The van der Waals surface area contributed by atoms with E-state index in [0.29, 0.717) is 6.54 Å². The molecule has 0 saturated carbocycles. The predicted octanol–water partition coefficient (Wildman–Crippen LogP) is 4.65. The van der Waals surface area contributed by atoms with E-state index in [1.54, 1.807) is 6.08 Å². The minimum absolute atomic E-state index is 0.0330. The minimum Gasteiger partial charge on any atom is -0.352 e. The summed E-state index contributed by atoms with van der Waals surface area (Å²) in [6.45, 7) is 13.8. The second-order valence-electron chi connectivity index (χ2n) is 7.46. The van der Waals surface area contributed by atoms with Crippen LogP contribution in [-0.4, -0.2) is 23.0 Å². The third-order valence-electron chi connectivity index (χ3n) is 3.14. The second-order valence-corrected chi connectivity index (χ2v) is 9.38. The van der Waals surface area contributed by atoms with Crippen LogP contribution in [0.15, 0.2) is 30.3 Å². The Hall–Kier alpha value is -1.22. The van der Waals surface area contributed by atoms with Crippen LogP contribution >= 0.6 is 11.8 Å². The SMILES string of the molecule is CC(C)(C)SCCNC(=O)/C=C/c1ccc(C(C)(C)C)cc1. The van der Waals surface area contributed by atoms with E-state index in [1.807, 2.05) is 17.8 Å². The maximum Gasteiger partial charge on any atom is 0.244 e. The molecular weight excluding hydrogens is 290 g/mol. The van der Waals surface area contributed by atoms with Crippen molar-refractivity contribution in [2.75, 3.05) is 12.3 Å². The van der Waals surface area contributed by atoms with Crippen LogP contribution in [0.3, 0.4) is 0 Å². The third kappa shape index (κ3) is 7.69. The smallest absolute Gasteiger partial charge is 0.244 e. The molecule has 3 heteroatoms. The van der Waals surface area contributed by atoms with Crippen molar-refractivity contribution in [3.05, 3.63) is 41.5 Å². The Morgan fingerprint density at radius 3 is 2.18 bits per heavy atom. The van der Waals surface area contributed by atoms with Gasteiger partial charge in [-0.05, 0) is 22.6 Å². The molecule has 0 radical (unpaired) electrons. The average molecular weight is 320 g/mol. The number of carbonyl (C=O) groups excluding carboxylic acids is 1. The average Bonchev–Trinajstić information content (AvgIpc) is 2.40. The van der Waals surface area contributed by atoms with Gasteiger partial charge in [-0.15, -0.1) is 0 Å². The Balaban J connectivity index is 2.43. The van der Waals surface area contributed by atoms with Crippen LogP contribution < -0.4 is 5.32 Å². The molecule has 0 atom stereocenters. The van der Waals surface area contributed by atoms with Crippen molar-refractivity contribution in [3.8, 4) is 0 Å². The summed E-state index contributed by atoms with van der Waals surface area (Å²) >= 11 is 1.86. The van der Waals surface area contributed by atoms with Crippen molar-refractivity contribution in [1.29, 1.82) is 0 Å². The summed E-state index contributed by atoms with van der Waals surface area (Å²) in [6, 6.07) is 8.36. The number of rotatable bonds is 5. The fourth-order valence-corrected chi connectivity index (χ4v) is 2.67. The number of hydrogen-bond acceptors (Lipinski definition) is 2. The van der Waals surface area contributed by atoms with Crippen LogP contribution in [0.25, 0.3) is 6.08 Å². The predicted molar refractivity (Wildman–Crippen MR) is 99.4 cm³/mol. The van der Waals surface area contributed by atoms with Crippen molar-refractivity contribution in [2.24, 2.45) is 0 Å². The quantitative estimate of drug-likeness (QED) is 0.632. The lowest BCUT2D eigenvalue weighted by atomic mass is 9.87. The molecule has 0 spiro atoms. The molecule has 0 bridgehead atoms. The lowest BCUT2D eigenvalue weighted by molar-refractivity contribution is -0.116. The zero-order chi connectivity index (χ0) is 16.8. The number of nitrogens with one attached hydrogen (secondary N) is 1. The zero-order valence-electron chi connectivity index (χ0n) is 14.7. The molecular formula is C19H29NOS. The summed E-state index contributed by atoms with van der Waals surface area (Å²) in [4.78, 5) is 11.8. The van der Waals surface area contributed by atoms with E-state index in [2.05, 4.69) is 71.1 Å². The van der Waals surface area contributed by atoms with Crippen LogP contribution in [0.1, 0.15) is 52.7 Å². The first kappa shape index (κ1) is 18.8. The van der Waals surface area contributed by atoms with Gasteiger partial charge in [-0.25, -0.2) is 0 Å². The van der Waals surface area contributed by atoms with E-state index < -0.39 is 0 Å². The second kappa shape index (κ2) is 7.87. The highest BCUT2D eigenvalue weighted by molar-refractivity contribution is 8.00. The van der Waals surface area contributed by atoms with Gasteiger partial charge >= 0.3 is 0 Å². The maximum absolute atomic E-state index is 11.8. The third-order valence-corrected chi connectivity index (χ3v) is 4.41. The molecule has 0 heterocycles. The van der Waals surface area contributed by atoms with E-state index in [4.69, 9.17) is 0 Å². The maximum atomic E-state index is 11.8. The van der Waals surface area contributed by atoms with Crippen LogP contribution in [0.5, 0.6) is 0 Å². The molecule has 122 valence electrons. The minimum atomic E-state index is -0.0330. The highest BCUT2D eigenvalue weighted by atomic mass is 32.2. The summed E-state index contributed by atoms with van der Waals surface area (Å²) in [5, 5.41) is 2.91. The molecule has 0 aliphatic heterocycles. The fourth-order valence-electron chi connectivity index (χ4n) is 1.86. The number of carbonyl (C=O) groups is 1. The highest BCUT2D eigenvalue weighted by Crippen LogP contribution is 2.23. The summed E-state index contributed by atoms with van der Waals surface area (Å²) in [6.07, 6.45) is 3.46. The van der Waals surface area contributed by atoms with Gasteiger partial charge in [0.15, 0.2) is 0 Å². The Labute approximate surface area is 139 Å². The molecule has 1 amide bonds. The molecule has 0 aliphatic carbocycles. The fraction of sp³-hybridized carbons (Fsp3) is 0.526. The topological polar surface area (TPSA) is 29.1 Å². The van der Waals surface area contributed by atoms with E-state index in [1.165, 1.54) is 5.56 Å². The number of thioether (sulfide) groups is 1. The number of hydrogen-bond donors (Lipinski definition) is 1. The van der Waals surface area contributed by atoms with Crippen molar-refractivity contribution < 1.29 is 4.79 Å². The Morgan fingerprint density at radius 1 is 1.09 bits per heavy atom. The van der Waals surface area contributed by atoms with Crippen LogP contribution in [0.2, 0.25) is 0 Å². The zero-order valence-corrected chi connectivity index (χ0v) is 15.5. The first-order chi connectivity index (χ1) is 10.1. The summed E-state index contributed by atoms with van der Waals surface area (Å²) in [7, 11) is 0. The largest absolute Gasteiger partial charge is 0.352 e. The lowest BCUT2D eigenvalue weighted by Crippen LogP contribution is -2.25. The highest BCUT2D eigenvalue weighted by Gasteiger charge is 2.12. The van der Waals surface area contributed by atoms with Crippen LogP contribution in [0.4, 0.5) is 0 Å². The van der Waals surface area contributed by atoms with E-state index in [-0.39, 0.29) is 16.1 Å². The molecule has 2 nitrogen and oxygen atoms in total. The van der Waals surface area contributed by atoms with Crippen LogP contribution in [0, 0.1) is 0 Å². The lowest BCUT2D eigenvalue weighted by Gasteiger charge is -2.18. The Kier molecular flexibility index (Phi) is 6.73. The molecule has 1 N–H and O–H groups in total. The summed E-state index contributed by atoms with van der Waals surface area (Å²) in [5.41, 5.74) is 2.50. The van der Waals surface area contributed by atoms with Gasteiger partial charge in [-0.2, -0.15) is 11.8 Å². The molecule has 0 fully saturated rings. The standard InChI is InChI=1S/C19H29NOS/c1-18(2,3)16-10-7-15(8-11-16)9-12-17(21)20-13-14-22-19(4,5)6/h7-12H,13-14H2,1-6H3,(H,20,21)/b12-9+. The molecule has 0 saturated heterocycles. The Bertz CT molecular complexity index is 504. The monoisotopic (exact) mass is 319 g/mol. The van der Waals surface area contributed by atoms with Gasteiger partial charge < -0.3 is 5.32 Å².